The standard InChI is InChI=1S/C14H15ClN2O3/c1-3-6-17-11-7-10(16-13(18)8-15)4-5-12(11)20-9(2)14(17)19/h3-5,7,9H,1,6,8H2,2H3,(H,16,18). The molecule has 6 heteroatoms. The van der Waals surface area contributed by atoms with Crippen molar-refractivity contribution in [3.8, 4) is 5.75 Å². The zero-order valence-corrected chi connectivity index (χ0v) is 11.8. The lowest BCUT2D eigenvalue weighted by molar-refractivity contribution is -0.125. The fourth-order valence-corrected chi connectivity index (χ4v) is 2.06. The Balaban J connectivity index is 2.37. The van der Waals surface area contributed by atoms with Crippen LogP contribution in [-0.4, -0.2) is 30.3 Å². The van der Waals surface area contributed by atoms with Crippen LogP contribution in [-0.2, 0) is 9.59 Å². The van der Waals surface area contributed by atoms with Gasteiger partial charge in [-0.25, -0.2) is 0 Å². The molecule has 0 saturated heterocycles. The first-order chi connectivity index (χ1) is 9.56. The summed E-state index contributed by atoms with van der Waals surface area (Å²) in [6.45, 7) is 5.73. The summed E-state index contributed by atoms with van der Waals surface area (Å²) in [4.78, 5) is 25.0. The molecule has 2 rings (SSSR count). The molecule has 1 aromatic rings. The number of ether oxygens (including phenoxy) is 1. The van der Waals surface area contributed by atoms with Gasteiger partial charge in [-0.2, -0.15) is 0 Å². The van der Waals surface area contributed by atoms with Crippen LogP contribution in [0.5, 0.6) is 5.75 Å². The first-order valence-corrected chi connectivity index (χ1v) is 6.69. The fourth-order valence-electron chi connectivity index (χ4n) is 2.00. The highest BCUT2D eigenvalue weighted by molar-refractivity contribution is 6.29. The summed E-state index contributed by atoms with van der Waals surface area (Å²) in [5.74, 6) is 0.0271. The molecule has 0 aromatic heterocycles. The Bertz CT molecular complexity index is 559. The van der Waals surface area contributed by atoms with E-state index in [0.717, 1.165) is 0 Å². The van der Waals surface area contributed by atoms with Gasteiger partial charge in [-0.1, -0.05) is 6.08 Å². The number of fused-ring (bicyclic) bond motifs is 1. The van der Waals surface area contributed by atoms with Crippen molar-refractivity contribution < 1.29 is 14.3 Å². The van der Waals surface area contributed by atoms with Crippen molar-refractivity contribution in [1.82, 2.24) is 0 Å². The second kappa shape index (κ2) is 5.96. The van der Waals surface area contributed by atoms with E-state index in [0.29, 0.717) is 23.7 Å². The Morgan fingerprint density at radius 1 is 1.60 bits per heavy atom. The minimum Gasteiger partial charge on any atom is -0.479 e. The predicted molar refractivity (Wildman–Crippen MR) is 78.4 cm³/mol. The average Bonchev–Trinajstić information content (AvgIpc) is 2.44. The van der Waals surface area contributed by atoms with Crippen molar-refractivity contribution in [1.29, 1.82) is 0 Å². The highest BCUT2D eigenvalue weighted by atomic mass is 35.5. The molecule has 1 unspecified atom stereocenters. The van der Waals surface area contributed by atoms with E-state index in [9.17, 15) is 9.59 Å². The normalized spacial score (nSPS) is 17.2. The Labute approximate surface area is 122 Å². The number of amides is 2. The molecule has 0 bridgehead atoms. The van der Waals surface area contributed by atoms with Crippen LogP contribution in [0.1, 0.15) is 6.92 Å². The Kier molecular flexibility index (Phi) is 4.29. The lowest BCUT2D eigenvalue weighted by atomic mass is 10.1. The topological polar surface area (TPSA) is 58.6 Å². The number of carbonyl (C=O) groups is 2. The SMILES string of the molecule is C=CCN1C(=O)C(C)Oc2ccc(NC(=O)CCl)cc21. The van der Waals surface area contributed by atoms with Crippen LogP contribution in [0.4, 0.5) is 11.4 Å². The second-order valence-corrected chi connectivity index (χ2v) is 4.63. The number of nitrogens with one attached hydrogen (secondary N) is 1. The maximum atomic E-state index is 12.1. The predicted octanol–water partition coefficient (Wildman–Crippen LogP) is 2.16. The fraction of sp³-hybridized carbons (Fsp3) is 0.286. The first kappa shape index (κ1) is 14.4. The quantitative estimate of drug-likeness (QED) is 0.684. The molecule has 0 saturated carbocycles. The van der Waals surface area contributed by atoms with Crippen LogP contribution in [0.25, 0.3) is 0 Å². The zero-order chi connectivity index (χ0) is 14.7. The molecule has 5 nitrogen and oxygen atoms in total. The zero-order valence-electron chi connectivity index (χ0n) is 11.1. The molecule has 106 valence electrons. The van der Waals surface area contributed by atoms with Crippen molar-refractivity contribution in [3.05, 3.63) is 30.9 Å². The van der Waals surface area contributed by atoms with Crippen LogP contribution < -0.4 is 15.0 Å². The second-order valence-electron chi connectivity index (χ2n) is 4.36. The molecule has 0 radical (unpaired) electrons. The van der Waals surface area contributed by atoms with Crippen molar-refractivity contribution in [2.75, 3.05) is 22.6 Å². The number of hydrogen-bond acceptors (Lipinski definition) is 3. The molecule has 0 aliphatic carbocycles. The smallest absolute Gasteiger partial charge is 0.268 e. The van der Waals surface area contributed by atoms with Gasteiger partial charge in [-0.15, -0.1) is 18.2 Å². The molecule has 1 N–H and O–H groups in total. The largest absolute Gasteiger partial charge is 0.479 e. The number of anilines is 2. The van der Waals surface area contributed by atoms with E-state index in [2.05, 4.69) is 11.9 Å². The van der Waals surface area contributed by atoms with E-state index < -0.39 is 6.10 Å². The monoisotopic (exact) mass is 294 g/mol. The summed E-state index contributed by atoms with van der Waals surface area (Å²) in [6, 6.07) is 5.11. The summed E-state index contributed by atoms with van der Waals surface area (Å²) in [7, 11) is 0. The van der Waals surface area contributed by atoms with E-state index in [-0.39, 0.29) is 17.7 Å². The number of nitrogens with zero attached hydrogens (tertiary/aromatic N) is 1. The van der Waals surface area contributed by atoms with Gasteiger partial charge < -0.3 is 15.0 Å². The first-order valence-electron chi connectivity index (χ1n) is 6.15. The van der Waals surface area contributed by atoms with Crippen LogP contribution in [0.15, 0.2) is 30.9 Å². The van der Waals surface area contributed by atoms with Crippen molar-refractivity contribution in [2.45, 2.75) is 13.0 Å². The Morgan fingerprint density at radius 2 is 2.35 bits per heavy atom. The molecule has 1 heterocycles. The maximum Gasteiger partial charge on any atom is 0.268 e. The highest BCUT2D eigenvalue weighted by Crippen LogP contribution is 2.36. The van der Waals surface area contributed by atoms with Gasteiger partial charge in [0.1, 0.15) is 11.6 Å². The lowest BCUT2D eigenvalue weighted by Gasteiger charge is -2.32. The van der Waals surface area contributed by atoms with Crippen LogP contribution in [0, 0.1) is 0 Å². The summed E-state index contributed by atoms with van der Waals surface area (Å²) in [5.41, 5.74) is 1.18. The number of rotatable bonds is 4. The van der Waals surface area contributed by atoms with Crippen LogP contribution in [0.2, 0.25) is 0 Å². The number of alkyl halides is 1. The average molecular weight is 295 g/mol. The Morgan fingerprint density at radius 3 is 3.00 bits per heavy atom. The van der Waals surface area contributed by atoms with E-state index in [1.165, 1.54) is 0 Å². The van der Waals surface area contributed by atoms with Crippen LogP contribution in [0.3, 0.4) is 0 Å². The van der Waals surface area contributed by atoms with Gasteiger partial charge in [0, 0.05) is 12.2 Å². The van der Waals surface area contributed by atoms with E-state index in [1.807, 2.05) is 0 Å². The van der Waals surface area contributed by atoms with Gasteiger partial charge in [0.25, 0.3) is 5.91 Å². The van der Waals surface area contributed by atoms with Gasteiger partial charge in [-0.05, 0) is 25.1 Å². The third-order valence-corrected chi connectivity index (χ3v) is 3.13. The van der Waals surface area contributed by atoms with E-state index in [1.54, 1.807) is 36.1 Å². The third-order valence-electron chi connectivity index (χ3n) is 2.88. The van der Waals surface area contributed by atoms with Crippen molar-refractivity contribution in [3.63, 3.8) is 0 Å². The van der Waals surface area contributed by atoms with E-state index in [4.69, 9.17) is 16.3 Å². The number of benzene rings is 1. The lowest BCUT2D eigenvalue weighted by Crippen LogP contribution is -2.44. The molecule has 1 atom stereocenters. The minimum absolute atomic E-state index is 0.125. The molecule has 0 spiro atoms. The third kappa shape index (κ3) is 2.77. The molecular weight excluding hydrogens is 280 g/mol. The van der Waals surface area contributed by atoms with Gasteiger partial charge in [-0.3, -0.25) is 9.59 Å². The van der Waals surface area contributed by atoms with Crippen molar-refractivity contribution in [2.24, 2.45) is 0 Å². The number of carbonyl (C=O) groups excluding carboxylic acids is 2. The highest BCUT2D eigenvalue weighted by Gasteiger charge is 2.30. The van der Waals surface area contributed by atoms with Gasteiger partial charge in [0.2, 0.25) is 5.91 Å². The summed E-state index contributed by atoms with van der Waals surface area (Å²) in [6.07, 6.45) is 1.11. The Hall–Kier alpha value is -2.01. The molecule has 1 aliphatic rings. The summed E-state index contributed by atoms with van der Waals surface area (Å²) < 4.78 is 5.54. The molecule has 0 fully saturated rings. The van der Waals surface area contributed by atoms with Crippen LogP contribution >= 0.6 is 11.6 Å². The van der Waals surface area contributed by atoms with Gasteiger partial charge >= 0.3 is 0 Å². The molecular formula is C14H15ClN2O3. The number of hydrogen-bond donors (Lipinski definition) is 1. The van der Waals surface area contributed by atoms with Crippen molar-refractivity contribution >= 4 is 34.8 Å². The molecule has 1 aliphatic heterocycles. The molecule has 20 heavy (non-hydrogen) atoms. The van der Waals surface area contributed by atoms with E-state index >= 15 is 0 Å². The maximum absolute atomic E-state index is 12.1. The van der Waals surface area contributed by atoms with Gasteiger partial charge in [0.05, 0.1) is 5.69 Å². The van der Waals surface area contributed by atoms with Gasteiger partial charge in [0.15, 0.2) is 6.10 Å². The molecule has 2 amide bonds. The number of halogens is 1. The summed E-state index contributed by atoms with van der Waals surface area (Å²) in [5, 5.41) is 2.64. The molecule has 1 aromatic carbocycles. The minimum atomic E-state index is -0.536. The summed E-state index contributed by atoms with van der Waals surface area (Å²) >= 11 is 5.45.